The van der Waals surface area contributed by atoms with E-state index in [2.05, 4.69) is 11.8 Å². The van der Waals surface area contributed by atoms with E-state index in [9.17, 15) is 9.18 Å². The van der Waals surface area contributed by atoms with Crippen LogP contribution < -0.4 is 19.8 Å². The lowest BCUT2D eigenvalue weighted by molar-refractivity contribution is 0.252. The Labute approximate surface area is 207 Å². The Morgan fingerprint density at radius 3 is 2.29 bits per heavy atom. The average Bonchev–Trinajstić information content (AvgIpc) is 3.28. The van der Waals surface area contributed by atoms with Crippen LogP contribution in [0.5, 0.6) is 17.2 Å². The highest BCUT2D eigenvalue weighted by atomic mass is 32.1. The molecule has 0 amide bonds. The van der Waals surface area contributed by atoms with Crippen LogP contribution in [0.2, 0.25) is 0 Å². The van der Waals surface area contributed by atoms with Gasteiger partial charge in [0.25, 0.3) is 5.56 Å². The summed E-state index contributed by atoms with van der Waals surface area (Å²) in [5.74, 6) is 1.44. The predicted molar refractivity (Wildman–Crippen MR) is 135 cm³/mol. The molecule has 0 aliphatic rings. The van der Waals surface area contributed by atoms with Gasteiger partial charge < -0.3 is 14.2 Å². The van der Waals surface area contributed by atoms with E-state index >= 15 is 0 Å². The molecule has 0 fully saturated rings. The number of methoxy groups -OCH3 is 3. The highest BCUT2D eigenvalue weighted by Crippen LogP contribution is 2.38. The second-order valence-corrected chi connectivity index (χ2v) is 8.91. The average molecular weight is 498 g/mol. The lowest BCUT2D eigenvalue weighted by atomic mass is 10.1. The Morgan fingerprint density at radius 2 is 1.69 bits per heavy atom. The van der Waals surface area contributed by atoms with Crippen molar-refractivity contribution in [2.45, 2.75) is 26.4 Å². The molecule has 4 aromatic rings. The Kier molecular flexibility index (Phi) is 7.67. The molecule has 35 heavy (non-hydrogen) atoms. The number of nitrogens with zero attached hydrogens (tertiary/aromatic N) is 3. The van der Waals surface area contributed by atoms with E-state index in [-0.39, 0.29) is 11.4 Å². The third kappa shape index (κ3) is 5.31. The molecule has 0 saturated carbocycles. The molecule has 2 aromatic carbocycles. The SMILES string of the molecule is CCCN(Cc1cc(OC)c(OC)c(OC)c1)Cc1cc(=O)n2c(-c3ccc(F)cc3)csc2n1. The van der Waals surface area contributed by atoms with E-state index in [4.69, 9.17) is 19.2 Å². The first-order chi connectivity index (χ1) is 17.0. The summed E-state index contributed by atoms with van der Waals surface area (Å²) in [5, 5.41) is 1.88. The van der Waals surface area contributed by atoms with Gasteiger partial charge in [0.2, 0.25) is 5.75 Å². The number of benzene rings is 2. The Balaban J connectivity index is 1.62. The third-order valence-electron chi connectivity index (χ3n) is 5.65. The summed E-state index contributed by atoms with van der Waals surface area (Å²) in [5.41, 5.74) is 3.01. The number of ether oxygens (including phenoxy) is 3. The van der Waals surface area contributed by atoms with Crippen LogP contribution in [0.25, 0.3) is 16.2 Å². The molecule has 184 valence electrons. The van der Waals surface area contributed by atoms with E-state index in [0.29, 0.717) is 46.7 Å². The molecule has 0 unspecified atom stereocenters. The van der Waals surface area contributed by atoms with E-state index in [1.54, 1.807) is 43.9 Å². The van der Waals surface area contributed by atoms with Crippen molar-refractivity contribution in [1.82, 2.24) is 14.3 Å². The van der Waals surface area contributed by atoms with Crippen LogP contribution in [-0.4, -0.2) is 42.2 Å². The molecule has 0 saturated heterocycles. The van der Waals surface area contributed by atoms with Crippen molar-refractivity contribution in [2.24, 2.45) is 0 Å². The number of fused-ring (bicyclic) bond motifs is 1. The quantitative estimate of drug-likeness (QED) is 0.307. The van der Waals surface area contributed by atoms with Gasteiger partial charge in [-0.25, -0.2) is 9.37 Å². The van der Waals surface area contributed by atoms with Gasteiger partial charge in [0.05, 0.1) is 32.7 Å². The third-order valence-corrected chi connectivity index (χ3v) is 6.48. The predicted octanol–water partition coefficient (Wildman–Crippen LogP) is 5.00. The molecule has 0 N–H and O–H groups in total. The summed E-state index contributed by atoms with van der Waals surface area (Å²) in [4.78, 5) is 20.6. The summed E-state index contributed by atoms with van der Waals surface area (Å²) in [7, 11) is 4.77. The topological polar surface area (TPSA) is 65.3 Å². The van der Waals surface area contributed by atoms with Crippen LogP contribution in [0, 0.1) is 5.82 Å². The highest BCUT2D eigenvalue weighted by molar-refractivity contribution is 7.15. The van der Waals surface area contributed by atoms with Crippen molar-refractivity contribution in [3.8, 4) is 28.5 Å². The molecule has 7 nitrogen and oxygen atoms in total. The largest absolute Gasteiger partial charge is 0.493 e. The molecule has 4 rings (SSSR count). The van der Waals surface area contributed by atoms with Crippen LogP contribution in [0.3, 0.4) is 0 Å². The van der Waals surface area contributed by atoms with Crippen molar-refractivity contribution < 1.29 is 18.6 Å². The van der Waals surface area contributed by atoms with Crippen molar-refractivity contribution in [3.63, 3.8) is 0 Å². The molecule has 0 aliphatic heterocycles. The summed E-state index contributed by atoms with van der Waals surface area (Å²) in [6, 6.07) is 11.5. The zero-order valence-electron chi connectivity index (χ0n) is 20.2. The Morgan fingerprint density at radius 1 is 1.00 bits per heavy atom. The number of thiazole rings is 1. The van der Waals surface area contributed by atoms with Gasteiger partial charge in [-0.2, -0.15) is 0 Å². The van der Waals surface area contributed by atoms with Gasteiger partial charge >= 0.3 is 0 Å². The number of aromatic nitrogens is 2. The number of halogens is 1. The van der Waals surface area contributed by atoms with Crippen LogP contribution in [0.4, 0.5) is 4.39 Å². The first kappa shape index (κ1) is 24.7. The van der Waals surface area contributed by atoms with Gasteiger partial charge in [0, 0.05) is 24.5 Å². The number of hydrogen-bond donors (Lipinski definition) is 0. The maximum atomic E-state index is 13.3. The Hall–Kier alpha value is -3.43. The number of rotatable bonds is 10. The van der Waals surface area contributed by atoms with Crippen molar-refractivity contribution in [1.29, 1.82) is 0 Å². The smallest absolute Gasteiger partial charge is 0.259 e. The number of hydrogen-bond acceptors (Lipinski definition) is 7. The molecule has 0 spiro atoms. The van der Waals surface area contributed by atoms with E-state index in [0.717, 1.165) is 24.1 Å². The molecule has 0 aliphatic carbocycles. The maximum Gasteiger partial charge on any atom is 0.259 e. The van der Waals surface area contributed by atoms with Gasteiger partial charge in [-0.05, 0) is 60.5 Å². The molecular weight excluding hydrogens is 469 g/mol. The van der Waals surface area contributed by atoms with Crippen LogP contribution in [-0.2, 0) is 13.1 Å². The normalized spacial score (nSPS) is 11.3. The van der Waals surface area contributed by atoms with Crippen molar-refractivity contribution >= 4 is 16.3 Å². The maximum absolute atomic E-state index is 13.3. The van der Waals surface area contributed by atoms with Gasteiger partial charge in [-0.3, -0.25) is 14.1 Å². The molecule has 2 aromatic heterocycles. The minimum absolute atomic E-state index is 0.158. The highest BCUT2D eigenvalue weighted by Gasteiger charge is 2.17. The summed E-state index contributed by atoms with van der Waals surface area (Å²) >= 11 is 1.39. The first-order valence-corrected chi connectivity index (χ1v) is 12.1. The van der Waals surface area contributed by atoms with Gasteiger partial charge in [-0.1, -0.05) is 6.92 Å². The zero-order chi connectivity index (χ0) is 24.9. The fraction of sp³-hybridized carbons (Fsp3) is 0.308. The van der Waals surface area contributed by atoms with Gasteiger partial charge in [-0.15, -0.1) is 11.3 Å². The summed E-state index contributed by atoms with van der Waals surface area (Å²) in [6.07, 6.45) is 0.944. The van der Waals surface area contributed by atoms with Crippen molar-refractivity contribution in [3.05, 3.63) is 75.3 Å². The summed E-state index contributed by atoms with van der Waals surface area (Å²) < 4.78 is 31.3. The lowest BCUT2D eigenvalue weighted by Gasteiger charge is -2.22. The first-order valence-electron chi connectivity index (χ1n) is 11.2. The fourth-order valence-corrected chi connectivity index (χ4v) is 5.03. The van der Waals surface area contributed by atoms with Crippen LogP contribution in [0.15, 0.2) is 52.6 Å². The zero-order valence-corrected chi connectivity index (χ0v) is 21.0. The Bertz CT molecular complexity index is 1340. The van der Waals surface area contributed by atoms with Gasteiger partial charge in [0.15, 0.2) is 16.5 Å². The lowest BCUT2D eigenvalue weighted by Crippen LogP contribution is -2.26. The van der Waals surface area contributed by atoms with E-state index < -0.39 is 0 Å². The molecule has 9 heteroatoms. The molecule has 0 atom stereocenters. The second-order valence-electron chi connectivity index (χ2n) is 8.08. The van der Waals surface area contributed by atoms with Crippen LogP contribution in [0.1, 0.15) is 24.6 Å². The minimum Gasteiger partial charge on any atom is -0.493 e. The van der Waals surface area contributed by atoms with E-state index in [1.165, 1.54) is 23.5 Å². The monoisotopic (exact) mass is 497 g/mol. The fourth-order valence-electron chi connectivity index (χ4n) is 4.11. The second kappa shape index (κ2) is 10.9. The molecule has 0 bridgehead atoms. The molecule has 0 radical (unpaired) electrons. The standard InChI is InChI=1S/C26H28FN3O4S/c1-5-10-29(14-17-11-22(32-2)25(34-4)23(12-17)33-3)15-20-13-24(31)30-21(16-35-26(30)28-20)18-6-8-19(27)9-7-18/h6-9,11-13,16H,5,10,14-15H2,1-4H3. The van der Waals surface area contributed by atoms with Crippen LogP contribution >= 0.6 is 11.3 Å². The summed E-state index contributed by atoms with van der Waals surface area (Å²) in [6.45, 7) is 4.07. The minimum atomic E-state index is -0.316. The van der Waals surface area contributed by atoms with Crippen molar-refractivity contribution in [2.75, 3.05) is 27.9 Å². The van der Waals surface area contributed by atoms with E-state index in [1.807, 2.05) is 17.5 Å². The van der Waals surface area contributed by atoms with Gasteiger partial charge in [0.1, 0.15) is 5.82 Å². The molecule has 2 heterocycles. The molecular formula is C26H28FN3O4S.